The molecule has 2 fully saturated rings. The van der Waals surface area contributed by atoms with Gasteiger partial charge in [-0.05, 0) is 18.6 Å². The minimum absolute atomic E-state index is 0.129. The van der Waals surface area contributed by atoms with Crippen molar-refractivity contribution in [2.75, 3.05) is 31.1 Å². The summed E-state index contributed by atoms with van der Waals surface area (Å²) in [6.07, 6.45) is 0.411. The van der Waals surface area contributed by atoms with Gasteiger partial charge in [-0.2, -0.15) is 0 Å². The first-order chi connectivity index (χ1) is 11.5. The summed E-state index contributed by atoms with van der Waals surface area (Å²) in [5.41, 5.74) is 0.530. The fourth-order valence-electron chi connectivity index (χ4n) is 3.01. The number of nitrogens with one attached hydrogen (secondary N) is 2. The fourth-order valence-corrected chi connectivity index (χ4v) is 3.01. The molecule has 0 spiro atoms. The summed E-state index contributed by atoms with van der Waals surface area (Å²) < 4.78 is 13.8. The van der Waals surface area contributed by atoms with Crippen molar-refractivity contribution in [3.8, 4) is 0 Å². The Kier molecular flexibility index (Phi) is 4.64. The second kappa shape index (κ2) is 6.86. The maximum atomic E-state index is 13.8. The van der Waals surface area contributed by atoms with Crippen molar-refractivity contribution in [2.24, 2.45) is 0 Å². The molecule has 2 aliphatic rings. The normalized spacial score (nSPS) is 21.8. The number of hydrogen-bond donors (Lipinski definition) is 2. The third-order valence-electron chi connectivity index (χ3n) is 4.30. The van der Waals surface area contributed by atoms with Crippen molar-refractivity contribution in [1.29, 1.82) is 0 Å². The molecule has 2 heterocycles. The lowest BCUT2D eigenvalue weighted by Gasteiger charge is -2.37. The topological polar surface area (TPSA) is 81.8 Å². The second-order valence-corrected chi connectivity index (χ2v) is 5.88. The van der Waals surface area contributed by atoms with Gasteiger partial charge in [0.1, 0.15) is 11.9 Å². The largest absolute Gasteiger partial charge is 0.366 e. The molecule has 8 heteroatoms. The van der Waals surface area contributed by atoms with Gasteiger partial charge >= 0.3 is 6.03 Å². The highest BCUT2D eigenvalue weighted by atomic mass is 19.1. The minimum atomic E-state index is -0.698. The maximum Gasteiger partial charge on any atom is 0.322 e. The molecule has 1 aromatic carbocycles. The molecule has 0 unspecified atom stereocenters. The molecule has 2 N–H and O–H groups in total. The first-order valence-electron chi connectivity index (χ1n) is 7.93. The van der Waals surface area contributed by atoms with Crippen LogP contribution in [0.5, 0.6) is 0 Å². The van der Waals surface area contributed by atoms with Crippen molar-refractivity contribution in [3.63, 3.8) is 0 Å². The smallest absolute Gasteiger partial charge is 0.322 e. The van der Waals surface area contributed by atoms with E-state index in [1.54, 1.807) is 23.1 Å². The van der Waals surface area contributed by atoms with Crippen LogP contribution in [0.15, 0.2) is 24.3 Å². The zero-order valence-corrected chi connectivity index (χ0v) is 13.1. The summed E-state index contributed by atoms with van der Waals surface area (Å²) in [5, 5.41) is 4.68. The Bertz CT molecular complexity index is 658. The predicted octanol–water partition coefficient (Wildman–Crippen LogP) is 0.462. The number of nitrogens with zero attached hydrogens (tertiary/aromatic N) is 2. The molecule has 1 aromatic rings. The number of imide groups is 1. The first-order valence-corrected chi connectivity index (χ1v) is 7.93. The zero-order chi connectivity index (χ0) is 17.1. The maximum absolute atomic E-state index is 13.8. The van der Waals surface area contributed by atoms with Crippen LogP contribution in [-0.4, -0.2) is 55.0 Å². The molecule has 128 valence electrons. The van der Waals surface area contributed by atoms with Crippen LogP contribution in [0.2, 0.25) is 0 Å². The Balaban J connectivity index is 1.60. The van der Waals surface area contributed by atoms with E-state index in [1.807, 2.05) is 4.90 Å². The van der Waals surface area contributed by atoms with Crippen LogP contribution in [-0.2, 0) is 9.59 Å². The Hall–Kier alpha value is -2.64. The van der Waals surface area contributed by atoms with Crippen LogP contribution in [0, 0.1) is 5.82 Å². The molecule has 2 aliphatic heterocycles. The van der Waals surface area contributed by atoms with Gasteiger partial charge in [0, 0.05) is 32.6 Å². The van der Waals surface area contributed by atoms with Gasteiger partial charge < -0.3 is 15.1 Å². The highest BCUT2D eigenvalue weighted by Gasteiger charge is 2.31. The Morgan fingerprint density at radius 3 is 2.54 bits per heavy atom. The molecule has 0 saturated carbocycles. The molecule has 0 aromatic heterocycles. The standard InChI is InChI=1S/C16H19FN4O3/c17-11-3-1-2-4-13(11)20-7-9-21(10-8-20)15(23)12-5-6-14(22)19-16(24)18-12/h1-4,12H,5-10H2,(H2,18,19,22,24)/t12-/m1/s1. The quantitative estimate of drug-likeness (QED) is 0.823. The number of urea groups is 1. The molecule has 1 atom stereocenters. The number of amides is 4. The number of para-hydroxylation sites is 1. The lowest BCUT2D eigenvalue weighted by atomic mass is 10.1. The number of hydrogen-bond acceptors (Lipinski definition) is 4. The molecular formula is C16H19FN4O3. The third-order valence-corrected chi connectivity index (χ3v) is 4.30. The van der Waals surface area contributed by atoms with Crippen LogP contribution >= 0.6 is 0 Å². The minimum Gasteiger partial charge on any atom is -0.366 e. The Morgan fingerprint density at radius 2 is 1.83 bits per heavy atom. The third kappa shape index (κ3) is 3.47. The molecule has 0 aliphatic carbocycles. The number of anilines is 1. The molecule has 0 bridgehead atoms. The van der Waals surface area contributed by atoms with Crippen molar-refractivity contribution in [3.05, 3.63) is 30.1 Å². The zero-order valence-electron chi connectivity index (χ0n) is 13.1. The van der Waals surface area contributed by atoms with E-state index in [1.165, 1.54) is 6.07 Å². The molecule has 0 radical (unpaired) electrons. The van der Waals surface area contributed by atoms with E-state index < -0.39 is 12.1 Å². The van der Waals surface area contributed by atoms with Crippen LogP contribution < -0.4 is 15.5 Å². The van der Waals surface area contributed by atoms with Crippen LogP contribution in [0.3, 0.4) is 0 Å². The number of carbonyl (C=O) groups excluding carboxylic acids is 3. The summed E-state index contributed by atoms with van der Waals surface area (Å²) in [5.74, 6) is -0.863. The number of carbonyl (C=O) groups is 3. The SMILES string of the molecule is O=C1CC[C@H](C(=O)N2CCN(c3ccccc3F)CC2)NC(=O)N1. The van der Waals surface area contributed by atoms with Gasteiger partial charge in [0.25, 0.3) is 0 Å². The summed E-state index contributed by atoms with van der Waals surface area (Å²) in [6.45, 7) is 1.93. The summed E-state index contributed by atoms with van der Waals surface area (Å²) in [7, 11) is 0. The highest BCUT2D eigenvalue weighted by molar-refractivity contribution is 5.98. The van der Waals surface area contributed by atoms with Crippen molar-refractivity contribution >= 4 is 23.5 Å². The van der Waals surface area contributed by atoms with E-state index >= 15 is 0 Å². The van der Waals surface area contributed by atoms with Crippen LogP contribution in [0.25, 0.3) is 0 Å². The second-order valence-electron chi connectivity index (χ2n) is 5.88. The van der Waals surface area contributed by atoms with Crippen molar-refractivity contribution in [2.45, 2.75) is 18.9 Å². The molecule has 3 rings (SSSR count). The van der Waals surface area contributed by atoms with Crippen molar-refractivity contribution in [1.82, 2.24) is 15.5 Å². The van der Waals surface area contributed by atoms with E-state index in [4.69, 9.17) is 0 Å². The number of rotatable bonds is 2. The average molecular weight is 334 g/mol. The van der Waals surface area contributed by atoms with Gasteiger partial charge in [0.2, 0.25) is 11.8 Å². The van der Waals surface area contributed by atoms with E-state index in [0.29, 0.717) is 31.9 Å². The number of piperazine rings is 1. The lowest BCUT2D eigenvalue weighted by Crippen LogP contribution is -2.55. The summed E-state index contributed by atoms with van der Waals surface area (Å²) in [6, 6.07) is 5.22. The Morgan fingerprint density at radius 1 is 1.12 bits per heavy atom. The first kappa shape index (κ1) is 16.2. The molecule has 2 saturated heterocycles. The Labute approximate surface area is 138 Å². The molecule has 24 heavy (non-hydrogen) atoms. The fraction of sp³-hybridized carbons (Fsp3) is 0.438. The van der Waals surface area contributed by atoms with Gasteiger partial charge in [-0.25, -0.2) is 9.18 Å². The predicted molar refractivity (Wildman–Crippen MR) is 84.9 cm³/mol. The van der Waals surface area contributed by atoms with Gasteiger partial charge in [0.05, 0.1) is 5.69 Å². The van der Waals surface area contributed by atoms with E-state index in [2.05, 4.69) is 10.6 Å². The number of benzene rings is 1. The highest BCUT2D eigenvalue weighted by Crippen LogP contribution is 2.20. The molecule has 4 amide bonds. The lowest BCUT2D eigenvalue weighted by molar-refractivity contribution is -0.133. The summed E-state index contributed by atoms with van der Waals surface area (Å²) in [4.78, 5) is 38.9. The molecule has 7 nitrogen and oxygen atoms in total. The van der Waals surface area contributed by atoms with Gasteiger partial charge in [-0.1, -0.05) is 12.1 Å². The van der Waals surface area contributed by atoms with E-state index in [9.17, 15) is 18.8 Å². The van der Waals surface area contributed by atoms with Gasteiger partial charge in [-0.15, -0.1) is 0 Å². The van der Waals surface area contributed by atoms with Gasteiger partial charge in [0.15, 0.2) is 0 Å². The van der Waals surface area contributed by atoms with Gasteiger partial charge in [-0.3, -0.25) is 14.9 Å². The summed E-state index contributed by atoms with van der Waals surface area (Å²) >= 11 is 0. The van der Waals surface area contributed by atoms with Crippen LogP contribution in [0.1, 0.15) is 12.8 Å². The van der Waals surface area contributed by atoms with E-state index in [0.717, 1.165) is 0 Å². The monoisotopic (exact) mass is 334 g/mol. The van der Waals surface area contributed by atoms with Crippen molar-refractivity contribution < 1.29 is 18.8 Å². The average Bonchev–Trinajstić information content (AvgIpc) is 2.75. The van der Waals surface area contributed by atoms with Crippen LogP contribution in [0.4, 0.5) is 14.9 Å². The van der Waals surface area contributed by atoms with E-state index in [-0.39, 0.29) is 30.5 Å². The number of halogens is 1. The molecular weight excluding hydrogens is 315 g/mol.